The Balaban J connectivity index is 1.07. The average molecular weight is 481 g/mol. The van der Waals surface area contributed by atoms with Gasteiger partial charge in [-0.05, 0) is 41.0 Å². The van der Waals surface area contributed by atoms with E-state index in [-0.39, 0.29) is 24.9 Å². The fourth-order valence-electron chi connectivity index (χ4n) is 4.79. The van der Waals surface area contributed by atoms with Crippen molar-refractivity contribution in [2.45, 2.75) is 31.6 Å². The molecule has 2 N–H and O–H groups in total. The second kappa shape index (κ2) is 11.8. The molecule has 0 atom stereocenters. The van der Waals surface area contributed by atoms with Gasteiger partial charge in [0.05, 0.1) is 19.6 Å². The number of likely N-dealkylation sites (tertiary alicyclic amines) is 1. The van der Waals surface area contributed by atoms with Gasteiger partial charge in [-0.1, -0.05) is 48.5 Å². The van der Waals surface area contributed by atoms with E-state index in [9.17, 15) is 14.4 Å². The van der Waals surface area contributed by atoms with Gasteiger partial charge in [-0.15, -0.1) is 0 Å². The van der Waals surface area contributed by atoms with Crippen molar-refractivity contribution in [1.82, 2.24) is 10.2 Å². The maximum atomic E-state index is 12.2. The summed E-state index contributed by atoms with van der Waals surface area (Å²) in [4.78, 5) is 36.6. The number of rotatable bonds is 12. The summed E-state index contributed by atoms with van der Waals surface area (Å²) < 4.78 is 11.0. The highest BCUT2D eigenvalue weighted by Crippen LogP contribution is 2.44. The van der Waals surface area contributed by atoms with E-state index in [2.05, 4.69) is 29.6 Å². The van der Waals surface area contributed by atoms with E-state index in [4.69, 9.17) is 14.6 Å². The lowest BCUT2D eigenvalue weighted by Crippen LogP contribution is -2.50. The SMILES string of the molecule is O=C(O)CCCC1CN(C(=O)CCOCCNC(=O)OCC2c3ccccc3-c3ccccc32)C1. The summed E-state index contributed by atoms with van der Waals surface area (Å²) in [6.07, 6.45) is 1.49. The summed E-state index contributed by atoms with van der Waals surface area (Å²) in [7, 11) is 0. The van der Waals surface area contributed by atoms with E-state index in [0.29, 0.717) is 51.6 Å². The predicted octanol–water partition coefficient (Wildman–Crippen LogP) is 3.65. The first-order chi connectivity index (χ1) is 17.0. The van der Waals surface area contributed by atoms with Crippen molar-refractivity contribution < 1.29 is 29.0 Å². The Hall–Kier alpha value is -3.39. The molecular formula is C27H32N2O6. The third kappa shape index (κ3) is 6.39. The van der Waals surface area contributed by atoms with Crippen LogP contribution in [0.15, 0.2) is 48.5 Å². The number of ether oxygens (including phenoxy) is 2. The number of fused-ring (bicyclic) bond motifs is 3. The van der Waals surface area contributed by atoms with Gasteiger partial charge in [0.1, 0.15) is 6.61 Å². The van der Waals surface area contributed by atoms with E-state index in [1.54, 1.807) is 4.90 Å². The number of nitrogens with one attached hydrogen (secondary N) is 1. The molecule has 0 radical (unpaired) electrons. The number of carbonyl (C=O) groups is 3. The Morgan fingerprint density at radius 3 is 2.26 bits per heavy atom. The summed E-state index contributed by atoms with van der Waals surface area (Å²) >= 11 is 0. The smallest absolute Gasteiger partial charge is 0.407 e. The zero-order chi connectivity index (χ0) is 24.6. The van der Waals surface area contributed by atoms with Crippen LogP contribution in [-0.4, -0.2) is 67.4 Å². The van der Waals surface area contributed by atoms with Crippen LogP contribution in [0.4, 0.5) is 4.79 Å². The molecule has 0 aromatic heterocycles. The number of benzene rings is 2. The fraction of sp³-hybridized carbons (Fsp3) is 0.444. The molecule has 2 aromatic carbocycles. The standard InChI is InChI=1S/C27H32N2O6/c30-25(29-16-19(17-29)6-5-11-26(31)32)12-14-34-15-13-28-27(33)35-18-24-22-9-3-1-7-20(22)21-8-2-4-10-23(21)24/h1-4,7-10,19,24H,5-6,11-18H2,(H,28,33)(H,31,32). The third-order valence-corrected chi connectivity index (χ3v) is 6.63. The first kappa shape index (κ1) is 24.7. The Labute approximate surface area is 205 Å². The van der Waals surface area contributed by atoms with Crippen molar-refractivity contribution in [2.75, 3.05) is 39.5 Å². The highest BCUT2D eigenvalue weighted by atomic mass is 16.5. The molecule has 8 nitrogen and oxygen atoms in total. The monoisotopic (exact) mass is 480 g/mol. The van der Waals surface area contributed by atoms with Gasteiger partial charge >= 0.3 is 12.1 Å². The van der Waals surface area contributed by atoms with Crippen LogP contribution in [0.3, 0.4) is 0 Å². The highest BCUT2D eigenvalue weighted by Gasteiger charge is 2.30. The number of aliphatic carboxylic acids is 1. The normalized spacial score (nSPS) is 14.7. The molecule has 2 amide bonds. The maximum absolute atomic E-state index is 12.2. The van der Waals surface area contributed by atoms with E-state index >= 15 is 0 Å². The zero-order valence-corrected chi connectivity index (χ0v) is 19.8. The number of carboxylic acid groups (broad SMARTS) is 1. The van der Waals surface area contributed by atoms with E-state index in [1.807, 2.05) is 24.3 Å². The van der Waals surface area contributed by atoms with Crippen LogP contribution < -0.4 is 5.32 Å². The van der Waals surface area contributed by atoms with Crippen LogP contribution in [0.5, 0.6) is 0 Å². The molecule has 0 saturated carbocycles. The molecule has 0 spiro atoms. The first-order valence-electron chi connectivity index (χ1n) is 12.2. The number of carboxylic acids is 1. The fourth-order valence-corrected chi connectivity index (χ4v) is 4.79. The molecule has 186 valence electrons. The van der Waals surface area contributed by atoms with Crippen LogP contribution in [-0.2, 0) is 19.1 Å². The lowest BCUT2D eigenvalue weighted by Gasteiger charge is -2.39. The number of hydrogen-bond donors (Lipinski definition) is 2. The zero-order valence-electron chi connectivity index (χ0n) is 19.8. The lowest BCUT2D eigenvalue weighted by molar-refractivity contribution is -0.140. The van der Waals surface area contributed by atoms with E-state index in [0.717, 1.165) is 6.42 Å². The summed E-state index contributed by atoms with van der Waals surface area (Å²) in [5.74, 6) is -0.305. The molecule has 1 aliphatic carbocycles. The Bertz CT molecular complexity index is 1000. The van der Waals surface area contributed by atoms with Crippen LogP contribution >= 0.6 is 0 Å². The maximum Gasteiger partial charge on any atom is 0.407 e. The number of alkyl carbamates (subject to hydrolysis) is 1. The van der Waals surface area contributed by atoms with Gasteiger partial charge in [0.2, 0.25) is 5.91 Å². The van der Waals surface area contributed by atoms with Crippen molar-refractivity contribution >= 4 is 18.0 Å². The summed E-state index contributed by atoms with van der Waals surface area (Å²) in [6.45, 7) is 2.56. The third-order valence-electron chi connectivity index (χ3n) is 6.63. The molecule has 0 unspecified atom stereocenters. The summed E-state index contributed by atoms with van der Waals surface area (Å²) in [5, 5.41) is 11.4. The minimum atomic E-state index is -0.775. The van der Waals surface area contributed by atoms with Crippen LogP contribution in [0.1, 0.15) is 42.7 Å². The van der Waals surface area contributed by atoms with Crippen LogP contribution in [0.2, 0.25) is 0 Å². The summed E-state index contributed by atoms with van der Waals surface area (Å²) in [6, 6.07) is 16.4. The number of hydrogen-bond acceptors (Lipinski definition) is 5. The Morgan fingerprint density at radius 2 is 1.60 bits per heavy atom. The molecule has 1 fully saturated rings. The topological polar surface area (TPSA) is 105 Å². The molecular weight excluding hydrogens is 448 g/mol. The highest BCUT2D eigenvalue weighted by molar-refractivity contribution is 5.79. The largest absolute Gasteiger partial charge is 0.481 e. The van der Waals surface area contributed by atoms with Crippen molar-refractivity contribution in [1.29, 1.82) is 0 Å². The number of amides is 2. The molecule has 0 bridgehead atoms. The predicted molar refractivity (Wildman–Crippen MR) is 130 cm³/mol. The van der Waals surface area contributed by atoms with Crippen molar-refractivity contribution in [2.24, 2.45) is 5.92 Å². The van der Waals surface area contributed by atoms with Crippen LogP contribution in [0, 0.1) is 5.92 Å². The van der Waals surface area contributed by atoms with Gasteiger partial charge in [0.25, 0.3) is 0 Å². The first-order valence-corrected chi connectivity index (χ1v) is 12.2. The van der Waals surface area contributed by atoms with E-state index in [1.165, 1.54) is 22.3 Å². The van der Waals surface area contributed by atoms with E-state index < -0.39 is 12.1 Å². The molecule has 1 aliphatic heterocycles. The minimum absolute atomic E-state index is 0.0219. The van der Waals surface area contributed by atoms with Gasteiger partial charge < -0.3 is 24.8 Å². The molecule has 35 heavy (non-hydrogen) atoms. The lowest BCUT2D eigenvalue weighted by atomic mass is 9.93. The van der Waals surface area contributed by atoms with Gasteiger partial charge in [0, 0.05) is 32.0 Å². The Morgan fingerprint density at radius 1 is 0.943 bits per heavy atom. The summed E-state index contributed by atoms with van der Waals surface area (Å²) in [5.41, 5.74) is 4.71. The molecule has 1 heterocycles. The number of nitrogens with zero attached hydrogens (tertiary/aromatic N) is 1. The van der Waals surface area contributed by atoms with Crippen molar-refractivity contribution in [3.63, 3.8) is 0 Å². The second-order valence-corrected chi connectivity index (χ2v) is 9.07. The average Bonchev–Trinajstić information content (AvgIpc) is 3.14. The van der Waals surface area contributed by atoms with Gasteiger partial charge in [0.15, 0.2) is 0 Å². The van der Waals surface area contributed by atoms with Gasteiger partial charge in [-0.25, -0.2) is 4.79 Å². The number of carbonyl (C=O) groups excluding carboxylic acids is 2. The van der Waals surface area contributed by atoms with Crippen molar-refractivity contribution in [3.8, 4) is 11.1 Å². The molecule has 8 heteroatoms. The molecule has 2 aliphatic rings. The minimum Gasteiger partial charge on any atom is -0.481 e. The molecule has 1 saturated heterocycles. The van der Waals surface area contributed by atoms with Gasteiger partial charge in [-0.3, -0.25) is 9.59 Å². The van der Waals surface area contributed by atoms with Crippen LogP contribution in [0.25, 0.3) is 11.1 Å². The Kier molecular flexibility index (Phi) is 8.36. The molecule has 2 aromatic rings. The van der Waals surface area contributed by atoms with Gasteiger partial charge in [-0.2, -0.15) is 0 Å². The quantitative estimate of drug-likeness (QED) is 0.450. The van der Waals surface area contributed by atoms with Crippen molar-refractivity contribution in [3.05, 3.63) is 59.7 Å². The molecule has 4 rings (SSSR count). The second-order valence-electron chi connectivity index (χ2n) is 9.07.